The lowest BCUT2D eigenvalue weighted by Gasteiger charge is -2.01. The Kier molecular flexibility index (Phi) is 3.86. The van der Waals surface area contributed by atoms with Crippen molar-refractivity contribution < 1.29 is 9.90 Å². The number of H-pyrrole nitrogens is 1. The number of carbonyl (C=O) groups is 1. The highest BCUT2D eigenvalue weighted by molar-refractivity contribution is 6.29. The summed E-state index contributed by atoms with van der Waals surface area (Å²) in [6, 6.07) is 0. The molecule has 11 heteroatoms. The number of nitrogens with one attached hydrogen (secondary N) is 1. The summed E-state index contributed by atoms with van der Waals surface area (Å²) in [6.07, 6.45) is -1.53. The van der Waals surface area contributed by atoms with Gasteiger partial charge < -0.3 is 10.1 Å². The summed E-state index contributed by atoms with van der Waals surface area (Å²) in [5.74, 6) is 8.00. The smallest absolute Gasteiger partial charge is 0.421 e. The van der Waals surface area contributed by atoms with Crippen molar-refractivity contribution in [3.63, 3.8) is 0 Å². The van der Waals surface area contributed by atoms with Gasteiger partial charge in [0.2, 0.25) is 5.28 Å². The van der Waals surface area contributed by atoms with Crippen LogP contribution in [-0.4, -0.2) is 30.3 Å². The van der Waals surface area contributed by atoms with Gasteiger partial charge in [-0.2, -0.15) is 9.55 Å². The fourth-order valence-electron chi connectivity index (χ4n) is 1.31. The fraction of sp³-hybridized carbons (Fsp3) is 0.143. The number of aromatic amines is 1. The fourth-order valence-corrected chi connectivity index (χ4v) is 1.49. The molecule has 0 atom stereocenters. The molecular formula is C7H9ClN6O4. The molecule has 98 valence electrons. The van der Waals surface area contributed by atoms with Gasteiger partial charge in [-0.05, 0) is 11.6 Å². The average Bonchev–Trinajstić information content (AvgIpc) is 2.70. The molecule has 0 saturated carbocycles. The molecule has 0 radical (unpaired) electrons. The van der Waals surface area contributed by atoms with Crippen LogP contribution in [0.1, 0.15) is 0 Å². The number of aromatic nitrogens is 4. The van der Waals surface area contributed by atoms with Crippen molar-refractivity contribution in [1.82, 2.24) is 19.1 Å². The highest BCUT2D eigenvalue weighted by Crippen LogP contribution is 2.08. The van der Waals surface area contributed by atoms with Gasteiger partial charge in [-0.15, -0.1) is 0 Å². The van der Waals surface area contributed by atoms with Crippen LogP contribution < -0.4 is 22.9 Å². The molecule has 0 aliphatic heterocycles. The van der Waals surface area contributed by atoms with E-state index in [0.29, 0.717) is 9.13 Å². The first-order chi connectivity index (χ1) is 8.43. The Morgan fingerprint density at radius 2 is 2.00 bits per heavy atom. The van der Waals surface area contributed by atoms with Gasteiger partial charge in [-0.3, -0.25) is 21.0 Å². The third kappa shape index (κ3) is 1.99. The van der Waals surface area contributed by atoms with Gasteiger partial charge in [0.1, 0.15) is 0 Å². The van der Waals surface area contributed by atoms with Crippen molar-refractivity contribution in [2.45, 2.75) is 0 Å². The number of imidazole rings is 1. The third-order valence-corrected chi connectivity index (χ3v) is 2.23. The summed E-state index contributed by atoms with van der Waals surface area (Å²) < 4.78 is 1.00. The minimum atomic E-state index is -1.53. The van der Waals surface area contributed by atoms with Crippen molar-refractivity contribution in [1.29, 1.82) is 0 Å². The molecule has 2 aromatic heterocycles. The van der Waals surface area contributed by atoms with E-state index in [2.05, 4.69) is 21.7 Å². The first kappa shape index (κ1) is 13.9. The molecule has 6 N–H and O–H groups in total. The Morgan fingerprint density at radius 1 is 1.44 bits per heavy atom. The van der Waals surface area contributed by atoms with E-state index in [1.165, 1.54) is 0 Å². The first-order valence-electron chi connectivity index (χ1n) is 4.37. The minimum Gasteiger partial charge on any atom is -0.464 e. The van der Waals surface area contributed by atoms with Gasteiger partial charge in [0.25, 0.3) is 5.56 Å². The van der Waals surface area contributed by atoms with Crippen LogP contribution in [0.2, 0.25) is 5.28 Å². The van der Waals surface area contributed by atoms with E-state index in [0.717, 1.165) is 7.05 Å². The summed E-state index contributed by atoms with van der Waals surface area (Å²) in [6.45, 7) is 0. The summed E-state index contributed by atoms with van der Waals surface area (Å²) in [5.41, 5.74) is -2.11. The van der Waals surface area contributed by atoms with Crippen molar-refractivity contribution in [2.75, 3.05) is 0 Å². The van der Waals surface area contributed by atoms with E-state index < -0.39 is 17.3 Å². The lowest BCUT2D eigenvalue weighted by atomic mass is 10.5. The number of rotatable bonds is 0. The maximum atomic E-state index is 11.6. The zero-order valence-corrected chi connectivity index (χ0v) is 9.80. The van der Waals surface area contributed by atoms with Crippen molar-refractivity contribution >= 4 is 28.9 Å². The lowest BCUT2D eigenvalue weighted by molar-refractivity contribution is 0.195. The van der Waals surface area contributed by atoms with Gasteiger partial charge in [0.15, 0.2) is 11.2 Å². The van der Waals surface area contributed by atoms with Crippen LogP contribution in [0.4, 0.5) is 4.79 Å². The van der Waals surface area contributed by atoms with Crippen LogP contribution >= 0.6 is 11.6 Å². The van der Waals surface area contributed by atoms with E-state index in [-0.39, 0.29) is 16.4 Å². The predicted octanol–water partition coefficient (Wildman–Crippen LogP) is -1.58. The number of fused-ring (bicyclic) bond motifs is 1. The van der Waals surface area contributed by atoms with Gasteiger partial charge in [-0.25, -0.2) is 9.59 Å². The van der Waals surface area contributed by atoms with Crippen molar-refractivity contribution in [3.8, 4) is 0 Å². The second-order valence-electron chi connectivity index (χ2n) is 2.99. The van der Waals surface area contributed by atoms with E-state index in [1.54, 1.807) is 0 Å². The molecule has 0 saturated heterocycles. The van der Waals surface area contributed by atoms with Gasteiger partial charge in [0.05, 0.1) is 0 Å². The van der Waals surface area contributed by atoms with E-state index in [4.69, 9.17) is 16.7 Å². The van der Waals surface area contributed by atoms with E-state index >= 15 is 0 Å². The normalized spacial score (nSPS) is 10.0. The predicted molar refractivity (Wildman–Crippen MR) is 62.4 cm³/mol. The number of nitrogens with zero attached hydrogens (tertiary/aromatic N) is 3. The molecule has 2 aromatic rings. The van der Waals surface area contributed by atoms with Crippen LogP contribution in [0.15, 0.2) is 9.59 Å². The maximum absolute atomic E-state index is 11.6. The largest absolute Gasteiger partial charge is 0.464 e. The third-order valence-electron chi connectivity index (χ3n) is 2.06. The van der Waals surface area contributed by atoms with E-state index in [9.17, 15) is 14.4 Å². The van der Waals surface area contributed by atoms with Crippen LogP contribution in [0.25, 0.3) is 11.2 Å². The SMILES string of the molecule is Cn1c(=O)c2[nH]c(Cl)nc2n(C(=O)O)c1=O.NN. The molecule has 0 spiro atoms. The second-order valence-corrected chi connectivity index (χ2v) is 3.35. The summed E-state index contributed by atoms with van der Waals surface area (Å²) >= 11 is 5.51. The summed E-state index contributed by atoms with van der Waals surface area (Å²) in [5, 5.41) is 8.68. The first-order valence-corrected chi connectivity index (χ1v) is 4.75. The average molecular weight is 277 g/mol. The number of carboxylic acid groups (broad SMARTS) is 1. The number of hydrazine groups is 1. The molecule has 0 amide bonds. The van der Waals surface area contributed by atoms with Crippen LogP contribution in [0, 0.1) is 0 Å². The molecule has 0 aliphatic rings. The molecule has 0 bridgehead atoms. The molecule has 2 rings (SSSR count). The molecular weight excluding hydrogens is 268 g/mol. The van der Waals surface area contributed by atoms with Crippen molar-refractivity contribution in [3.05, 3.63) is 26.1 Å². The molecule has 0 fully saturated rings. The zero-order valence-electron chi connectivity index (χ0n) is 9.05. The Balaban J connectivity index is 0.000000771. The molecule has 18 heavy (non-hydrogen) atoms. The van der Waals surface area contributed by atoms with Crippen molar-refractivity contribution in [2.24, 2.45) is 18.7 Å². The number of nitrogens with two attached hydrogens (primary N) is 2. The standard InChI is InChI=1S/C7H5ClN4O4.H4N2/c1-11-4(13)2-3(10-5(8)9-2)12(6(11)14)7(15)16;1-2/h1H3,(H,9,10)(H,15,16);1-2H2. The molecule has 2 heterocycles. The monoisotopic (exact) mass is 276 g/mol. The van der Waals surface area contributed by atoms with Gasteiger partial charge in [0, 0.05) is 7.05 Å². The van der Waals surface area contributed by atoms with Crippen LogP contribution in [0.3, 0.4) is 0 Å². The molecule has 0 aliphatic carbocycles. The Bertz CT molecular complexity index is 713. The van der Waals surface area contributed by atoms with Gasteiger partial charge >= 0.3 is 11.8 Å². The van der Waals surface area contributed by atoms with Crippen LogP contribution in [0.5, 0.6) is 0 Å². The van der Waals surface area contributed by atoms with Gasteiger partial charge in [-0.1, -0.05) is 0 Å². The summed E-state index contributed by atoms with van der Waals surface area (Å²) in [4.78, 5) is 39.9. The number of hydrogen-bond acceptors (Lipinski definition) is 6. The number of hydrogen-bond donors (Lipinski definition) is 4. The van der Waals surface area contributed by atoms with Crippen LogP contribution in [-0.2, 0) is 7.05 Å². The lowest BCUT2D eigenvalue weighted by Crippen LogP contribution is -2.40. The molecule has 0 aromatic carbocycles. The number of halogens is 1. The summed E-state index contributed by atoms with van der Waals surface area (Å²) in [7, 11) is 1.16. The maximum Gasteiger partial charge on any atom is 0.421 e. The molecule has 10 nitrogen and oxygen atoms in total. The Hall–Kier alpha value is -2.17. The van der Waals surface area contributed by atoms with E-state index in [1.807, 2.05) is 0 Å². The highest BCUT2D eigenvalue weighted by Gasteiger charge is 2.18. The quantitative estimate of drug-likeness (QED) is 0.256. The highest BCUT2D eigenvalue weighted by atomic mass is 35.5. The topological polar surface area (TPSA) is 162 Å². The Morgan fingerprint density at radius 3 is 2.50 bits per heavy atom. The minimum absolute atomic E-state index is 0.130. The second kappa shape index (κ2) is 5.00. The molecule has 0 unspecified atom stereocenters. The zero-order chi connectivity index (χ0) is 14.0. The Labute approximate surface area is 103 Å².